The number of rotatable bonds is 3. The molecule has 4 aromatic carbocycles. The number of likely N-dealkylation sites (tertiary alicyclic amines) is 4. The molecule has 0 aliphatic carbocycles. The molecule has 8 aliphatic heterocycles. The lowest BCUT2D eigenvalue weighted by molar-refractivity contribution is 0.147. The van der Waals surface area contributed by atoms with Gasteiger partial charge in [0.15, 0.2) is 0 Å². The minimum atomic E-state index is -0.101. The first kappa shape index (κ1) is 30.4. The summed E-state index contributed by atoms with van der Waals surface area (Å²) in [5.74, 6) is 0. The molecule has 0 bridgehead atoms. The number of fused-ring (bicyclic) bond motifs is 13. The fraction of sp³-hybridized carbons (Fsp3) is 0.455. The maximum Gasteiger partial charge on any atom is 0.0933 e. The Morgan fingerprint density at radius 3 is 1.23 bits per heavy atom. The van der Waals surface area contributed by atoms with Crippen LogP contribution in [0.4, 0.5) is 22.7 Å². The van der Waals surface area contributed by atoms with E-state index >= 15 is 0 Å². The van der Waals surface area contributed by atoms with Crippen molar-refractivity contribution in [3.63, 3.8) is 0 Å². The van der Waals surface area contributed by atoms with Crippen LogP contribution >= 0.6 is 0 Å². The Kier molecular flexibility index (Phi) is 5.79. The number of hydrogen-bond acceptors (Lipinski definition) is 8. The highest BCUT2D eigenvalue weighted by Crippen LogP contribution is 2.69. The van der Waals surface area contributed by atoms with Crippen LogP contribution in [0.2, 0.25) is 0 Å². The fourth-order valence-electron chi connectivity index (χ4n) is 13.8. The minimum absolute atomic E-state index is 0.100. The predicted octanol–water partition coefficient (Wildman–Crippen LogP) is 5.78. The van der Waals surface area contributed by atoms with E-state index in [4.69, 9.17) is 0 Å². The summed E-state index contributed by atoms with van der Waals surface area (Å²) in [6, 6.07) is 33.0. The van der Waals surface area contributed by atoms with Crippen LogP contribution in [0, 0.1) is 0 Å². The van der Waals surface area contributed by atoms with E-state index in [0.717, 1.165) is 51.9 Å². The number of para-hydroxylation sites is 4. The van der Waals surface area contributed by atoms with E-state index in [1.54, 1.807) is 0 Å². The Hall–Kier alpha value is -4.08. The van der Waals surface area contributed by atoms with Crippen LogP contribution in [-0.4, -0.2) is 98.6 Å². The highest BCUT2D eigenvalue weighted by Gasteiger charge is 2.72. The second kappa shape index (κ2) is 9.91. The van der Waals surface area contributed by atoms with Gasteiger partial charge in [0.1, 0.15) is 0 Å². The lowest BCUT2D eigenvalue weighted by Gasteiger charge is -2.48. The normalized spacial score (nSPS) is 38.0. The Morgan fingerprint density at radius 2 is 0.769 bits per heavy atom. The van der Waals surface area contributed by atoms with Crippen LogP contribution in [-0.2, 0) is 21.7 Å². The van der Waals surface area contributed by atoms with Crippen molar-refractivity contribution < 1.29 is 0 Å². The van der Waals surface area contributed by atoms with E-state index in [1.807, 2.05) is 0 Å². The Bertz CT molecular complexity index is 2030. The monoisotopic (exact) mass is 690 g/mol. The van der Waals surface area contributed by atoms with Gasteiger partial charge in [-0.3, -0.25) is 19.6 Å². The summed E-state index contributed by atoms with van der Waals surface area (Å²) in [5, 5.41) is 16.7. The zero-order valence-electron chi connectivity index (χ0n) is 30.8. The quantitative estimate of drug-likeness (QED) is 0.216. The summed E-state index contributed by atoms with van der Waals surface area (Å²) in [4.78, 5) is 10.4. The van der Waals surface area contributed by atoms with Crippen molar-refractivity contribution in [2.24, 2.45) is 0 Å². The van der Waals surface area contributed by atoms with Crippen LogP contribution < -0.4 is 21.3 Å². The van der Waals surface area contributed by atoms with Gasteiger partial charge in [0.05, 0.1) is 35.5 Å². The van der Waals surface area contributed by atoms with Crippen molar-refractivity contribution in [3.8, 4) is 0 Å². The minimum Gasteiger partial charge on any atom is -0.368 e. The van der Waals surface area contributed by atoms with Gasteiger partial charge in [-0.05, 0) is 99.4 Å². The number of anilines is 4. The lowest BCUT2D eigenvalue weighted by atomic mass is 9.54. The molecule has 0 amide bonds. The number of nitrogens with zero attached hydrogens (tertiary/aromatic N) is 4. The Balaban J connectivity index is 1.09. The summed E-state index contributed by atoms with van der Waals surface area (Å²) in [6.45, 7) is 4.33. The van der Waals surface area contributed by atoms with Crippen molar-refractivity contribution in [2.45, 2.75) is 72.0 Å². The summed E-state index contributed by atoms with van der Waals surface area (Å²) in [7, 11) is 9.33. The average molecular weight is 691 g/mol. The zero-order valence-corrected chi connectivity index (χ0v) is 30.8. The smallest absolute Gasteiger partial charge is 0.0933 e. The van der Waals surface area contributed by atoms with Gasteiger partial charge in [0.2, 0.25) is 0 Å². The van der Waals surface area contributed by atoms with Gasteiger partial charge in [0.25, 0.3) is 0 Å². The maximum atomic E-state index is 4.36. The summed E-state index contributed by atoms with van der Waals surface area (Å²) in [6.07, 6.45) is 5.41. The van der Waals surface area contributed by atoms with Gasteiger partial charge in [-0.25, -0.2) is 0 Å². The molecule has 0 spiro atoms. The second-order valence-electron chi connectivity index (χ2n) is 17.5. The molecule has 0 saturated carbocycles. The molecule has 8 heterocycles. The van der Waals surface area contributed by atoms with E-state index < -0.39 is 0 Å². The number of hydrogen-bond donors (Lipinski definition) is 4. The Labute approximate surface area is 307 Å². The van der Waals surface area contributed by atoms with Gasteiger partial charge in [-0.2, -0.15) is 0 Å². The Morgan fingerprint density at radius 1 is 0.404 bits per heavy atom. The predicted molar refractivity (Wildman–Crippen MR) is 209 cm³/mol. The maximum absolute atomic E-state index is 4.36. The topological polar surface area (TPSA) is 61.1 Å². The van der Waals surface area contributed by atoms with Gasteiger partial charge in [-0.1, -0.05) is 72.8 Å². The van der Waals surface area contributed by atoms with Crippen LogP contribution in [0.5, 0.6) is 0 Å². The summed E-state index contributed by atoms with van der Waals surface area (Å²) >= 11 is 0. The third-order valence-electron chi connectivity index (χ3n) is 15.9. The van der Waals surface area contributed by atoms with Crippen molar-refractivity contribution >= 4 is 22.7 Å². The molecule has 8 atom stereocenters. The van der Waals surface area contributed by atoms with Gasteiger partial charge < -0.3 is 21.3 Å². The highest BCUT2D eigenvalue weighted by atomic mass is 15.4. The second-order valence-corrected chi connectivity index (χ2v) is 17.5. The van der Waals surface area contributed by atoms with Crippen molar-refractivity contribution in [3.05, 3.63) is 118 Å². The standard InChI is InChI=1S/C44H50N8/c1-49-23-19-41(27-11-5-7-17-33(27)45-37(41)49)29-13-9-15-31-35(29)47-39-43(31,21-25-51(39)3)44-22-26-52(4)40(44)48-36-30(14-10-16-32(36)44)42-20-24-50(2)38(42)46-34-18-8-6-12-28(34)42/h5-18,37-40,45-48H,19-26H2,1-4H3/t37-,38-,39-,40-,41-,42-,43+,44+/m0/s1. The third kappa shape index (κ3) is 3.17. The molecule has 12 rings (SSSR count). The molecule has 0 aromatic heterocycles. The van der Waals surface area contributed by atoms with Crippen molar-refractivity contribution in [2.75, 3.05) is 75.6 Å². The number of likely N-dealkylation sites (N-methyl/N-ethyl adjacent to an activating group) is 4. The van der Waals surface area contributed by atoms with E-state index in [1.165, 1.54) is 56.1 Å². The van der Waals surface area contributed by atoms with Crippen LogP contribution in [0.15, 0.2) is 84.9 Å². The first-order valence-corrected chi connectivity index (χ1v) is 19.7. The zero-order chi connectivity index (χ0) is 34.8. The molecule has 52 heavy (non-hydrogen) atoms. The molecule has 0 unspecified atom stereocenters. The van der Waals surface area contributed by atoms with Crippen LogP contribution in [0.3, 0.4) is 0 Å². The van der Waals surface area contributed by atoms with Gasteiger partial charge in [0, 0.05) is 59.8 Å². The lowest BCUT2D eigenvalue weighted by Crippen LogP contribution is -2.60. The van der Waals surface area contributed by atoms with Gasteiger partial charge >= 0.3 is 0 Å². The molecule has 4 aromatic rings. The SMILES string of the molecule is CN1CC[C@@]2(c3cccc4c3N[C@H]3N(C)CC[C@@]43[C@@]34CCN(C)[C@@H]3Nc3c([C@@]56CCN(C)[C@@H]5Nc5ccccc56)cccc34)c3ccccc3N[C@@H]12. The molecular formula is C44H50N8. The molecule has 0 radical (unpaired) electrons. The molecule has 4 saturated heterocycles. The van der Waals surface area contributed by atoms with Crippen molar-refractivity contribution in [1.29, 1.82) is 0 Å². The molecule has 8 aliphatic rings. The van der Waals surface area contributed by atoms with E-state index in [9.17, 15) is 0 Å². The average Bonchev–Trinajstić information content (AvgIpc) is 4.03. The van der Waals surface area contributed by atoms with E-state index in [-0.39, 0.29) is 46.3 Å². The first-order valence-electron chi connectivity index (χ1n) is 19.7. The summed E-state index contributed by atoms with van der Waals surface area (Å²) < 4.78 is 0. The van der Waals surface area contributed by atoms with Crippen molar-refractivity contribution in [1.82, 2.24) is 19.6 Å². The molecule has 4 fully saturated rings. The summed E-state index contributed by atoms with van der Waals surface area (Å²) in [5.41, 5.74) is 13.9. The molecule has 266 valence electrons. The van der Waals surface area contributed by atoms with Crippen LogP contribution in [0.1, 0.15) is 59.1 Å². The largest absolute Gasteiger partial charge is 0.368 e. The third-order valence-corrected chi connectivity index (χ3v) is 15.9. The number of nitrogens with one attached hydrogen (secondary N) is 4. The molecular weight excluding hydrogens is 641 g/mol. The first-order chi connectivity index (χ1) is 25.4. The van der Waals surface area contributed by atoms with E-state index in [0.29, 0.717) is 0 Å². The van der Waals surface area contributed by atoms with Crippen LogP contribution in [0.25, 0.3) is 0 Å². The molecule has 8 nitrogen and oxygen atoms in total. The van der Waals surface area contributed by atoms with Gasteiger partial charge in [-0.15, -0.1) is 0 Å². The highest BCUT2D eigenvalue weighted by molar-refractivity contribution is 5.81. The fourth-order valence-corrected chi connectivity index (χ4v) is 13.8. The van der Waals surface area contributed by atoms with E-state index in [2.05, 4.69) is 154 Å². The number of benzene rings is 4. The molecule has 4 N–H and O–H groups in total. The molecule has 8 heteroatoms.